The first-order chi connectivity index (χ1) is 14.5. The number of nitrogens with two attached hydrogens (primary N) is 1. The third kappa shape index (κ3) is 4.16. The molecule has 3 heterocycles. The molecule has 1 atom stereocenters. The van der Waals surface area contributed by atoms with Crippen LogP contribution in [-0.4, -0.2) is 44.8 Å². The number of hydrogen-bond donors (Lipinski definition) is 2. The van der Waals surface area contributed by atoms with Crippen molar-refractivity contribution in [3.8, 4) is 11.3 Å². The van der Waals surface area contributed by atoms with Crippen LogP contribution in [0.2, 0.25) is 0 Å². The van der Waals surface area contributed by atoms with Gasteiger partial charge in [-0.15, -0.1) is 0 Å². The molecule has 0 saturated carbocycles. The molecule has 0 spiro atoms. The van der Waals surface area contributed by atoms with Crippen molar-refractivity contribution in [1.29, 1.82) is 0 Å². The zero-order valence-electron chi connectivity index (χ0n) is 16.8. The van der Waals surface area contributed by atoms with E-state index in [2.05, 4.69) is 25.3 Å². The lowest BCUT2D eigenvalue weighted by molar-refractivity contribution is 0.102. The van der Waals surface area contributed by atoms with Crippen molar-refractivity contribution in [2.75, 3.05) is 23.3 Å². The highest BCUT2D eigenvalue weighted by atomic mass is 19.1. The molecule has 0 bridgehead atoms. The summed E-state index contributed by atoms with van der Waals surface area (Å²) >= 11 is 0. The van der Waals surface area contributed by atoms with Gasteiger partial charge in [0.15, 0.2) is 5.82 Å². The molecule has 1 aliphatic heterocycles. The zero-order valence-corrected chi connectivity index (χ0v) is 16.8. The fourth-order valence-corrected chi connectivity index (χ4v) is 3.72. The Kier molecular flexibility index (Phi) is 5.71. The number of amides is 1. The first-order valence-electron chi connectivity index (χ1n) is 9.94. The molecule has 0 aliphatic carbocycles. The topological polar surface area (TPSA) is 102 Å². The van der Waals surface area contributed by atoms with Gasteiger partial charge in [-0.1, -0.05) is 18.6 Å². The van der Waals surface area contributed by atoms with Crippen molar-refractivity contribution in [3.63, 3.8) is 0 Å². The summed E-state index contributed by atoms with van der Waals surface area (Å²) in [6.45, 7) is 1.55. The van der Waals surface area contributed by atoms with Gasteiger partial charge in [0.05, 0.1) is 24.3 Å². The number of carbonyl (C=O) groups is 1. The lowest BCUT2D eigenvalue weighted by atomic mass is 10.1. The fourth-order valence-electron chi connectivity index (χ4n) is 3.72. The van der Waals surface area contributed by atoms with Gasteiger partial charge in [0, 0.05) is 31.7 Å². The van der Waals surface area contributed by atoms with E-state index < -0.39 is 11.7 Å². The number of benzene rings is 1. The molecule has 1 amide bonds. The lowest BCUT2D eigenvalue weighted by Crippen LogP contribution is -2.37. The van der Waals surface area contributed by atoms with Crippen molar-refractivity contribution in [1.82, 2.24) is 19.7 Å². The van der Waals surface area contributed by atoms with E-state index in [-0.39, 0.29) is 11.7 Å². The number of halogens is 1. The minimum atomic E-state index is -0.436. The normalized spacial score (nSPS) is 16.9. The van der Waals surface area contributed by atoms with Crippen LogP contribution < -0.4 is 16.0 Å². The Labute approximate surface area is 173 Å². The predicted molar refractivity (Wildman–Crippen MR) is 113 cm³/mol. The van der Waals surface area contributed by atoms with Gasteiger partial charge in [-0.2, -0.15) is 5.10 Å². The quantitative estimate of drug-likeness (QED) is 0.687. The maximum absolute atomic E-state index is 14.1. The summed E-state index contributed by atoms with van der Waals surface area (Å²) in [5.41, 5.74) is 7.46. The molecule has 9 heteroatoms. The van der Waals surface area contributed by atoms with Crippen molar-refractivity contribution in [2.45, 2.75) is 25.3 Å². The monoisotopic (exact) mass is 409 g/mol. The maximum atomic E-state index is 14.1. The Morgan fingerprint density at radius 3 is 2.90 bits per heavy atom. The Morgan fingerprint density at radius 1 is 1.23 bits per heavy atom. The number of hydrogen-bond acceptors (Lipinski definition) is 6. The standard InChI is InChI=1S/C21H24FN7O/c1-28-21(29-9-5-4-6-14(23)13-29)19(12-25-28)27-20(30)18-11-24-10-17(26-18)15-7-2-3-8-16(15)22/h2-3,7-8,10-12,14H,4-6,9,13,23H2,1H3,(H,27,30). The number of nitrogens with one attached hydrogen (secondary N) is 1. The summed E-state index contributed by atoms with van der Waals surface area (Å²) in [6.07, 6.45) is 7.49. The summed E-state index contributed by atoms with van der Waals surface area (Å²) in [5, 5.41) is 7.18. The van der Waals surface area contributed by atoms with E-state index in [1.165, 1.54) is 18.5 Å². The molecule has 4 rings (SSSR count). The molecule has 1 aromatic carbocycles. The van der Waals surface area contributed by atoms with Gasteiger partial charge in [-0.05, 0) is 25.0 Å². The van der Waals surface area contributed by atoms with E-state index in [0.717, 1.165) is 31.6 Å². The number of aromatic nitrogens is 4. The maximum Gasteiger partial charge on any atom is 0.276 e. The van der Waals surface area contributed by atoms with E-state index in [1.807, 2.05) is 7.05 Å². The molecule has 8 nitrogen and oxygen atoms in total. The smallest absolute Gasteiger partial charge is 0.276 e. The third-order valence-corrected chi connectivity index (χ3v) is 5.18. The van der Waals surface area contributed by atoms with Gasteiger partial charge in [0.2, 0.25) is 0 Å². The number of nitrogens with zero attached hydrogens (tertiary/aromatic N) is 5. The van der Waals surface area contributed by atoms with Crippen LogP contribution in [0, 0.1) is 5.82 Å². The molecule has 2 aromatic heterocycles. The number of rotatable bonds is 4. The minimum absolute atomic E-state index is 0.0780. The first kappa shape index (κ1) is 20.0. The second-order valence-electron chi connectivity index (χ2n) is 7.43. The molecule has 1 fully saturated rings. The Morgan fingerprint density at radius 2 is 2.07 bits per heavy atom. The molecule has 0 radical (unpaired) electrons. The van der Waals surface area contributed by atoms with Crippen molar-refractivity contribution >= 4 is 17.4 Å². The van der Waals surface area contributed by atoms with Crippen LogP contribution in [0.4, 0.5) is 15.9 Å². The molecule has 3 aromatic rings. The largest absolute Gasteiger partial charge is 0.354 e. The molecule has 156 valence electrons. The van der Waals surface area contributed by atoms with Crippen LogP contribution in [-0.2, 0) is 7.05 Å². The Balaban J connectivity index is 1.58. The van der Waals surface area contributed by atoms with Crippen LogP contribution in [0.25, 0.3) is 11.3 Å². The average molecular weight is 409 g/mol. The minimum Gasteiger partial charge on any atom is -0.354 e. The number of anilines is 2. The summed E-state index contributed by atoms with van der Waals surface area (Å²) < 4.78 is 15.8. The predicted octanol–water partition coefficient (Wildman–Crippen LogP) is 2.59. The van der Waals surface area contributed by atoms with Gasteiger partial charge in [-0.25, -0.2) is 9.37 Å². The van der Waals surface area contributed by atoms with Crippen LogP contribution >= 0.6 is 0 Å². The molecule has 1 aliphatic rings. The van der Waals surface area contributed by atoms with Gasteiger partial charge in [0.25, 0.3) is 5.91 Å². The van der Waals surface area contributed by atoms with Gasteiger partial charge in [0.1, 0.15) is 17.2 Å². The molecular weight excluding hydrogens is 385 g/mol. The SMILES string of the molecule is Cn1ncc(NC(=O)c2cncc(-c3ccccc3F)n2)c1N1CCCCC(N)C1. The van der Waals surface area contributed by atoms with Crippen molar-refractivity contribution in [3.05, 3.63) is 54.4 Å². The van der Waals surface area contributed by atoms with E-state index in [1.54, 1.807) is 29.1 Å². The van der Waals surface area contributed by atoms with Crippen molar-refractivity contribution in [2.24, 2.45) is 12.8 Å². The average Bonchev–Trinajstić information content (AvgIpc) is 2.96. The van der Waals surface area contributed by atoms with Crippen molar-refractivity contribution < 1.29 is 9.18 Å². The summed E-state index contributed by atoms with van der Waals surface area (Å²) in [4.78, 5) is 23.4. The van der Waals surface area contributed by atoms with Gasteiger partial charge < -0.3 is 16.0 Å². The number of aryl methyl sites for hydroxylation is 1. The van der Waals surface area contributed by atoms with Crippen LogP contribution in [0.5, 0.6) is 0 Å². The van der Waals surface area contributed by atoms with Gasteiger partial charge in [-0.3, -0.25) is 14.5 Å². The highest BCUT2D eigenvalue weighted by molar-refractivity contribution is 6.04. The fraction of sp³-hybridized carbons (Fsp3) is 0.333. The second kappa shape index (κ2) is 8.58. The first-order valence-corrected chi connectivity index (χ1v) is 9.94. The van der Waals surface area contributed by atoms with E-state index in [4.69, 9.17) is 5.73 Å². The Bertz CT molecular complexity index is 1050. The molecule has 30 heavy (non-hydrogen) atoms. The summed E-state index contributed by atoms with van der Waals surface area (Å²) in [6, 6.07) is 6.33. The molecule has 1 unspecified atom stereocenters. The lowest BCUT2D eigenvalue weighted by Gasteiger charge is -2.25. The van der Waals surface area contributed by atoms with E-state index in [9.17, 15) is 9.18 Å². The molecular formula is C21H24FN7O. The Hall–Kier alpha value is -3.33. The highest BCUT2D eigenvalue weighted by Crippen LogP contribution is 2.28. The highest BCUT2D eigenvalue weighted by Gasteiger charge is 2.23. The van der Waals surface area contributed by atoms with Crippen LogP contribution in [0.3, 0.4) is 0 Å². The zero-order chi connectivity index (χ0) is 21.1. The second-order valence-corrected chi connectivity index (χ2v) is 7.43. The summed E-state index contributed by atoms with van der Waals surface area (Å²) in [5.74, 6) is -0.0515. The summed E-state index contributed by atoms with van der Waals surface area (Å²) in [7, 11) is 1.83. The molecule has 1 saturated heterocycles. The number of carbonyl (C=O) groups excluding carboxylic acids is 1. The third-order valence-electron chi connectivity index (χ3n) is 5.18. The van der Waals surface area contributed by atoms with Gasteiger partial charge >= 0.3 is 0 Å². The van der Waals surface area contributed by atoms with Crippen LogP contribution in [0.1, 0.15) is 29.8 Å². The van der Waals surface area contributed by atoms with E-state index in [0.29, 0.717) is 23.5 Å². The molecule has 3 N–H and O–H groups in total. The van der Waals surface area contributed by atoms with Crippen LogP contribution in [0.15, 0.2) is 42.9 Å². The van der Waals surface area contributed by atoms with E-state index >= 15 is 0 Å².